The quantitative estimate of drug-likeness (QED) is 0.603. The molecule has 3 rings (SSSR count). The standard InChI is InChI=1S/C21H23BrClNO/c1-14(2)24-13-16(20-9-6-17(23)12-21(20)22)11-18(24)10-15-4-7-19(25-3)8-5-15/h4-9,11-12,14,18H,10,13H2,1-3H3. The third-order valence-corrected chi connectivity index (χ3v) is 5.61. The largest absolute Gasteiger partial charge is 0.497 e. The molecule has 0 fully saturated rings. The van der Waals surface area contributed by atoms with Gasteiger partial charge in [0.05, 0.1) is 7.11 Å². The van der Waals surface area contributed by atoms with Crippen molar-refractivity contribution >= 4 is 33.1 Å². The highest BCUT2D eigenvalue weighted by Gasteiger charge is 2.28. The number of benzene rings is 2. The van der Waals surface area contributed by atoms with Gasteiger partial charge in [0.15, 0.2) is 0 Å². The van der Waals surface area contributed by atoms with Crippen LogP contribution in [0.4, 0.5) is 0 Å². The number of methoxy groups -OCH3 is 1. The summed E-state index contributed by atoms with van der Waals surface area (Å²) in [6.07, 6.45) is 3.40. The number of halogens is 2. The predicted octanol–water partition coefficient (Wildman–Crippen LogP) is 5.83. The molecule has 25 heavy (non-hydrogen) atoms. The summed E-state index contributed by atoms with van der Waals surface area (Å²) in [6.45, 7) is 5.47. The van der Waals surface area contributed by atoms with Gasteiger partial charge in [-0.05, 0) is 61.2 Å². The molecule has 0 amide bonds. The second-order valence-corrected chi connectivity index (χ2v) is 7.99. The zero-order valence-electron chi connectivity index (χ0n) is 14.8. The summed E-state index contributed by atoms with van der Waals surface area (Å²) in [6, 6.07) is 15.3. The fourth-order valence-electron chi connectivity index (χ4n) is 3.36. The first kappa shape index (κ1) is 18.5. The van der Waals surface area contributed by atoms with Crippen LogP contribution >= 0.6 is 27.5 Å². The Bertz CT molecular complexity index is 770. The van der Waals surface area contributed by atoms with Gasteiger partial charge in [-0.15, -0.1) is 0 Å². The van der Waals surface area contributed by atoms with Crippen molar-refractivity contribution in [3.05, 3.63) is 69.2 Å². The molecule has 0 N–H and O–H groups in total. The van der Waals surface area contributed by atoms with Crippen molar-refractivity contribution in [2.45, 2.75) is 32.4 Å². The first-order valence-electron chi connectivity index (χ1n) is 8.52. The second kappa shape index (κ2) is 7.94. The predicted molar refractivity (Wildman–Crippen MR) is 109 cm³/mol. The number of nitrogens with zero attached hydrogens (tertiary/aromatic N) is 1. The minimum absolute atomic E-state index is 0.394. The minimum atomic E-state index is 0.394. The highest BCUT2D eigenvalue weighted by Crippen LogP contribution is 2.34. The van der Waals surface area contributed by atoms with Crippen molar-refractivity contribution in [1.29, 1.82) is 0 Å². The van der Waals surface area contributed by atoms with Gasteiger partial charge >= 0.3 is 0 Å². The average molecular weight is 421 g/mol. The van der Waals surface area contributed by atoms with Gasteiger partial charge in [0.1, 0.15) is 5.75 Å². The van der Waals surface area contributed by atoms with Crippen LogP contribution in [0.15, 0.2) is 53.0 Å². The lowest BCUT2D eigenvalue weighted by Gasteiger charge is -2.28. The summed E-state index contributed by atoms with van der Waals surface area (Å²) in [5.41, 5.74) is 3.91. The minimum Gasteiger partial charge on any atom is -0.497 e. The molecule has 0 bridgehead atoms. The molecule has 0 aliphatic carbocycles. The van der Waals surface area contributed by atoms with Crippen LogP contribution in [0.25, 0.3) is 5.57 Å². The van der Waals surface area contributed by atoms with E-state index in [1.807, 2.05) is 24.3 Å². The zero-order chi connectivity index (χ0) is 18.0. The van der Waals surface area contributed by atoms with Crippen molar-refractivity contribution in [2.75, 3.05) is 13.7 Å². The Kier molecular flexibility index (Phi) is 5.88. The van der Waals surface area contributed by atoms with E-state index in [1.165, 1.54) is 16.7 Å². The SMILES string of the molecule is COc1ccc(CC2C=C(c3ccc(Cl)cc3Br)CN2C(C)C)cc1. The normalized spacial score (nSPS) is 17.8. The van der Waals surface area contributed by atoms with Gasteiger partial charge in [-0.1, -0.05) is 51.8 Å². The third kappa shape index (κ3) is 4.28. The molecule has 0 spiro atoms. The molecule has 1 heterocycles. The molecule has 0 aromatic heterocycles. The fraction of sp³-hybridized carbons (Fsp3) is 0.333. The van der Waals surface area contributed by atoms with E-state index in [1.54, 1.807) is 7.11 Å². The van der Waals surface area contributed by atoms with Gasteiger partial charge in [-0.25, -0.2) is 0 Å². The van der Waals surface area contributed by atoms with Gasteiger partial charge in [-0.3, -0.25) is 4.90 Å². The topological polar surface area (TPSA) is 12.5 Å². The van der Waals surface area contributed by atoms with Crippen LogP contribution in [0.1, 0.15) is 25.0 Å². The Hall–Kier alpha value is -1.29. The summed E-state index contributed by atoms with van der Waals surface area (Å²) in [5, 5.41) is 0.754. The summed E-state index contributed by atoms with van der Waals surface area (Å²) in [7, 11) is 1.70. The maximum absolute atomic E-state index is 6.09. The summed E-state index contributed by atoms with van der Waals surface area (Å²) >= 11 is 9.75. The van der Waals surface area contributed by atoms with Gasteiger partial charge in [0.25, 0.3) is 0 Å². The number of rotatable bonds is 5. The van der Waals surface area contributed by atoms with E-state index in [2.05, 4.69) is 59.0 Å². The molecule has 132 valence electrons. The summed E-state index contributed by atoms with van der Waals surface area (Å²) in [5.74, 6) is 0.900. The molecule has 0 radical (unpaired) electrons. The number of hydrogen-bond acceptors (Lipinski definition) is 2. The Morgan fingerprint density at radius 1 is 1.20 bits per heavy atom. The molecule has 0 saturated carbocycles. The van der Waals surface area contributed by atoms with Crippen molar-refractivity contribution in [2.24, 2.45) is 0 Å². The Morgan fingerprint density at radius 2 is 1.92 bits per heavy atom. The van der Waals surface area contributed by atoms with E-state index >= 15 is 0 Å². The molecular weight excluding hydrogens is 398 g/mol. The molecule has 1 aliphatic rings. The van der Waals surface area contributed by atoms with Gasteiger partial charge < -0.3 is 4.74 Å². The molecular formula is C21H23BrClNO. The van der Waals surface area contributed by atoms with Crippen LogP contribution in [0.3, 0.4) is 0 Å². The van der Waals surface area contributed by atoms with E-state index in [-0.39, 0.29) is 0 Å². The lowest BCUT2D eigenvalue weighted by atomic mass is 10.0. The number of ether oxygens (including phenoxy) is 1. The van der Waals surface area contributed by atoms with Crippen molar-refractivity contribution in [3.8, 4) is 5.75 Å². The first-order valence-corrected chi connectivity index (χ1v) is 9.70. The summed E-state index contributed by atoms with van der Waals surface area (Å²) < 4.78 is 6.31. The van der Waals surface area contributed by atoms with Crippen LogP contribution in [0.5, 0.6) is 5.75 Å². The smallest absolute Gasteiger partial charge is 0.118 e. The zero-order valence-corrected chi connectivity index (χ0v) is 17.1. The van der Waals surface area contributed by atoms with Crippen molar-refractivity contribution in [1.82, 2.24) is 4.90 Å². The van der Waals surface area contributed by atoms with Crippen molar-refractivity contribution < 1.29 is 4.74 Å². The fourth-order valence-corrected chi connectivity index (χ4v) is 4.30. The van der Waals surface area contributed by atoms with E-state index in [9.17, 15) is 0 Å². The second-order valence-electron chi connectivity index (χ2n) is 6.70. The third-order valence-electron chi connectivity index (χ3n) is 4.72. The lowest BCUT2D eigenvalue weighted by molar-refractivity contribution is 0.219. The van der Waals surface area contributed by atoms with Crippen molar-refractivity contribution in [3.63, 3.8) is 0 Å². The van der Waals surface area contributed by atoms with Crippen LogP contribution in [-0.2, 0) is 6.42 Å². The Labute approximate surface area is 163 Å². The maximum Gasteiger partial charge on any atom is 0.118 e. The molecule has 1 aliphatic heterocycles. The van der Waals surface area contributed by atoms with Gasteiger partial charge in [0.2, 0.25) is 0 Å². The summed E-state index contributed by atoms with van der Waals surface area (Å²) in [4.78, 5) is 2.54. The van der Waals surface area contributed by atoms with Crippen LogP contribution in [0, 0.1) is 0 Å². The van der Waals surface area contributed by atoms with E-state index in [0.717, 1.165) is 28.2 Å². The van der Waals surface area contributed by atoms with Crippen LogP contribution in [0.2, 0.25) is 5.02 Å². The van der Waals surface area contributed by atoms with Gasteiger partial charge in [-0.2, -0.15) is 0 Å². The van der Waals surface area contributed by atoms with Crippen LogP contribution in [-0.4, -0.2) is 30.6 Å². The van der Waals surface area contributed by atoms with Crippen LogP contribution < -0.4 is 4.74 Å². The van der Waals surface area contributed by atoms with E-state index < -0.39 is 0 Å². The van der Waals surface area contributed by atoms with E-state index in [0.29, 0.717) is 12.1 Å². The monoisotopic (exact) mass is 419 g/mol. The Morgan fingerprint density at radius 3 is 2.52 bits per heavy atom. The number of hydrogen-bond donors (Lipinski definition) is 0. The molecule has 0 saturated heterocycles. The first-order chi connectivity index (χ1) is 12.0. The molecule has 2 aromatic carbocycles. The Balaban J connectivity index is 1.85. The molecule has 2 aromatic rings. The highest BCUT2D eigenvalue weighted by atomic mass is 79.9. The molecule has 1 atom stereocenters. The molecule has 1 unspecified atom stereocenters. The van der Waals surface area contributed by atoms with Gasteiger partial charge in [0, 0.05) is 28.1 Å². The molecule has 4 heteroatoms. The molecule has 2 nitrogen and oxygen atoms in total. The lowest BCUT2D eigenvalue weighted by Crippen LogP contribution is -2.37. The average Bonchev–Trinajstić information content (AvgIpc) is 2.99. The maximum atomic E-state index is 6.09. The van der Waals surface area contributed by atoms with E-state index in [4.69, 9.17) is 16.3 Å². The highest BCUT2D eigenvalue weighted by molar-refractivity contribution is 9.10.